The molecule has 1 amide bonds. The highest BCUT2D eigenvalue weighted by atomic mass is 35.5. The maximum atomic E-state index is 12.9. The molecular formula is C34H44ClN5O6. The van der Waals surface area contributed by atoms with Crippen LogP contribution >= 0.6 is 11.6 Å². The lowest BCUT2D eigenvalue weighted by Crippen LogP contribution is -2.62. The lowest BCUT2D eigenvalue weighted by Gasteiger charge is -2.48. The van der Waals surface area contributed by atoms with Crippen LogP contribution < -0.4 is 4.90 Å². The van der Waals surface area contributed by atoms with Crippen LogP contribution in [-0.2, 0) is 47.0 Å². The molecule has 3 aromatic rings. The number of anilines is 1. The van der Waals surface area contributed by atoms with Gasteiger partial charge in [-0.3, -0.25) is 9.78 Å². The number of halogens is 1. The number of hydrogen-bond donors (Lipinski definition) is 0. The number of pyridine rings is 1. The van der Waals surface area contributed by atoms with Gasteiger partial charge in [-0.05, 0) is 36.2 Å². The maximum Gasteiger partial charge on any atom is 0.224 e. The highest BCUT2D eigenvalue weighted by molar-refractivity contribution is 6.31. The third kappa shape index (κ3) is 9.27. The number of fused-ring (bicyclic) bond motifs is 1. The number of aldehydes is 1. The Morgan fingerprint density at radius 3 is 2.46 bits per heavy atom. The fourth-order valence-electron chi connectivity index (χ4n) is 5.48. The Bertz CT molecular complexity index is 1470. The van der Waals surface area contributed by atoms with Crippen molar-refractivity contribution in [2.24, 2.45) is 0 Å². The Kier molecular flexibility index (Phi) is 13.8. The molecule has 2 aromatic heterocycles. The van der Waals surface area contributed by atoms with E-state index in [1.54, 1.807) is 17.3 Å². The Hall–Kier alpha value is -3.53. The first-order valence-electron chi connectivity index (χ1n) is 15.7. The zero-order valence-corrected chi connectivity index (χ0v) is 27.5. The molecule has 0 aliphatic carbocycles. The molecule has 1 saturated heterocycles. The number of nitrogens with zero attached hydrogens (tertiary/aromatic N) is 5. The molecule has 3 heterocycles. The molecule has 12 heteroatoms. The van der Waals surface area contributed by atoms with Crippen molar-refractivity contribution in [2.75, 3.05) is 77.9 Å². The number of benzene rings is 1. The molecule has 0 unspecified atom stereocenters. The van der Waals surface area contributed by atoms with Gasteiger partial charge in [0, 0.05) is 37.9 Å². The van der Waals surface area contributed by atoms with E-state index in [4.69, 9.17) is 42.0 Å². The molecule has 0 atom stereocenters. The number of amides is 1. The normalized spacial score (nSPS) is 13.8. The highest BCUT2D eigenvalue weighted by Crippen LogP contribution is 2.38. The number of hydrogen-bond acceptors (Lipinski definition) is 9. The topological polar surface area (TPSA) is 108 Å². The number of carbonyl (C=O) groups excluding carboxylic acids is 2. The van der Waals surface area contributed by atoms with E-state index in [2.05, 4.69) is 27.3 Å². The van der Waals surface area contributed by atoms with Crippen molar-refractivity contribution < 1.29 is 28.5 Å². The number of carbonyl (C=O) groups is 2. The van der Waals surface area contributed by atoms with Crippen LogP contribution in [0.3, 0.4) is 0 Å². The molecule has 1 aromatic carbocycles. The molecular weight excluding hydrogens is 610 g/mol. The first kappa shape index (κ1) is 35.3. The Morgan fingerprint density at radius 2 is 1.78 bits per heavy atom. The number of rotatable bonds is 21. The molecule has 0 saturated carbocycles. The summed E-state index contributed by atoms with van der Waals surface area (Å²) in [5, 5.41) is 0.650. The minimum atomic E-state index is -0.803. The molecule has 11 nitrogen and oxygen atoms in total. The van der Waals surface area contributed by atoms with E-state index in [1.165, 1.54) is 0 Å². The van der Waals surface area contributed by atoms with Gasteiger partial charge in [0.05, 0.1) is 87.5 Å². The summed E-state index contributed by atoms with van der Waals surface area (Å²) >= 11 is 6.26. The highest BCUT2D eigenvalue weighted by Gasteiger charge is 2.48. The van der Waals surface area contributed by atoms with Gasteiger partial charge in [0.1, 0.15) is 18.7 Å². The van der Waals surface area contributed by atoms with Gasteiger partial charge < -0.3 is 38.1 Å². The van der Waals surface area contributed by atoms with E-state index in [0.29, 0.717) is 64.3 Å². The summed E-state index contributed by atoms with van der Waals surface area (Å²) in [6, 6.07) is 7.67. The van der Waals surface area contributed by atoms with Crippen LogP contribution in [-0.4, -0.2) is 105 Å². The van der Waals surface area contributed by atoms with Crippen molar-refractivity contribution in [1.29, 1.82) is 0 Å². The summed E-state index contributed by atoms with van der Waals surface area (Å²) in [4.78, 5) is 38.5. The number of unbranched alkanes of at least 4 members (excludes halogenated alkanes) is 1. The summed E-state index contributed by atoms with van der Waals surface area (Å²) in [6.45, 7) is 7.31. The van der Waals surface area contributed by atoms with Crippen molar-refractivity contribution in [3.8, 4) is 12.3 Å². The summed E-state index contributed by atoms with van der Waals surface area (Å²) in [6.07, 6.45) is 11.9. The molecule has 1 aliphatic rings. The Morgan fingerprint density at radius 1 is 1.09 bits per heavy atom. The zero-order chi connectivity index (χ0) is 32.8. The largest absolute Gasteiger partial charge is 0.379 e. The predicted octanol–water partition coefficient (Wildman–Crippen LogP) is 3.89. The van der Waals surface area contributed by atoms with Crippen molar-refractivity contribution in [2.45, 2.75) is 44.7 Å². The fourth-order valence-corrected chi connectivity index (χ4v) is 5.64. The number of likely N-dealkylation sites (tertiary alicyclic amines) is 1. The van der Waals surface area contributed by atoms with Crippen LogP contribution in [0.15, 0.2) is 36.7 Å². The van der Waals surface area contributed by atoms with E-state index in [0.717, 1.165) is 53.8 Å². The first-order valence-corrected chi connectivity index (χ1v) is 16.1. The lowest BCUT2D eigenvalue weighted by molar-refractivity contribution is -0.142. The molecule has 1 aliphatic heterocycles. The number of imidazole rings is 1. The summed E-state index contributed by atoms with van der Waals surface area (Å²) in [5.41, 5.74) is 2.78. The van der Waals surface area contributed by atoms with E-state index in [-0.39, 0.29) is 25.5 Å². The summed E-state index contributed by atoms with van der Waals surface area (Å²) in [5.74, 6) is 3.26. The van der Waals surface area contributed by atoms with Gasteiger partial charge in [-0.15, -0.1) is 6.42 Å². The van der Waals surface area contributed by atoms with Crippen molar-refractivity contribution >= 4 is 40.5 Å². The zero-order valence-electron chi connectivity index (χ0n) is 26.8. The number of aryl methyl sites for hydroxylation is 1. The van der Waals surface area contributed by atoms with E-state index >= 15 is 0 Å². The Labute approximate surface area is 276 Å². The second kappa shape index (κ2) is 18.0. The van der Waals surface area contributed by atoms with E-state index < -0.39 is 5.41 Å². The lowest BCUT2D eigenvalue weighted by atomic mass is 9.74. The molecule has 46 heavy (non-hydrogen) atoms. The van der Waals surface area contributed by atoms with Gasteiger partial charge >= 0.3 is 0 Å². The summed E-state index contributed by atoms with van der Waals surface area (Å²) in [7, 11) is 1.98. The SMILES string of the molecule is C#CCOCCOCCOCCOCCC(=O)N1CC(C=O)(c2ccncc2N(C)Cc2nc3cc(Cl)ccc3n2CCCC)C1. The van der Waals surface area contributed by atoms with Gasteiger partial charge in [-0.2, -0.15) is 0 Å². The molecule has 248 valence electrons. The smallest absolute Gasteiger partial charge is 0.224 e. The minimum absolute atomic E-state index is 0.0499. The van der Waals surface area contributed by atoms with Gasteiger partial charge in [-0.1, -0.05) is 30.9 Å². The third-order valence-electron chi connectivity index (χ3n) is 7.94. The summed E-state index contributed by atoms with van der Waals surface area (Å²) < 4.78 is 23.8. The molecule has 4 rings (SSSR count). The average Bonchev–Trinajstić information content (AvgIpc) is 3.37. The van der Waals surface area contributed by atoms with Crippen molar-refractivity contribution in [3.05, 3.63) is 53.1 Å². The van der Waals surface area contributed by atoms with Crippen LogP contribution in [0.25, 0.3) is 11.0 Å². The second-order valence-corrected chi connectivity index (χ2v) is 11.7. The van der Waals surface area contributed by atoms with E-state index in [9.17, 15) is 9.59 Å². The standard InChI is InChI=1S/C34H44ClN5O6/c1-4-6-12-40-30-8-7-27(35)21-29(30)37-32(40)23-38(3)31-22-36-11-9-28(31)34(26-41)24-39(25-34)33(42)10-14-44-16-18-46-20-19-45-17-15-43-13-5-2/h2,7-9,11,21-22,26H,4,6,10,12-20,23-25H2,1,3H3. The van der Waals surface area contributed by atoms with E-state index in [1.807, 2.05) is 31.3 Å². The molecule has 0 spiro atoms. The number of aromatic nitrogens is 3. The van der Waals surface area contributed by atoms with Crippen LogP contribution in [0, 0.1) is 12.3 Å². The molecule has 1 fully saturated rings. The fraction of sp³-hybridized carbons (Fsp3) is 0.529. The maximum absolute atomic E-state index is 12.9. The quantitative estimate of drug-likeness (QED) is 0.0961. The average molecular weight is 654 g/mol. The number of ether oxygens (including phenoxy) is 4. The van der Waals surface area contributed by atoms with Crippen LogP contribution in [0.1, 0.15) is 37.6 Å². The van der Waals surface area contributed by atoms with Gasteiger partial charge in [0.2, 0.25) is 5.91 Å². The molecule has 0 N–H and O–H groups in total. The third-order valence-corrected chi connectivity index (χ3v) is 8.17. The van der Waals surface area contributed by atoms with Gasteiger partial charge in [0.25, 0.3) is 0 Å². The monoisotopic (exact) mass is 653 g/mol. The van der Waals surface area contributed by atoms with Crippen molar-refractivity contribution in [1.82, 2.24) is 19.4 Å². The molecule has 0 bridgehead atoms. The second-order valence-electron chi connectivity index (χ2n) is 11.3. The van der Waals surface area contributed by atoms with Gasteiger partial charge in [-0.25, -0.2) is 4.98 Å². The molecule has 0 radical (unpaired) electrons. The first-order chi connectivity index (χ1) is 22.4. The van der Waals surface area contributed by atoms with Crippen molar-refractivity contribution in [3.63, 3.8) is 0 Å². The van der Waals surface area contributed by atoms with Crippen LogP contribution in [0.5, 0.6) is 0 Å². The predicted molar refractivity (Wildman–Crippen MR) is 177 cm³/mol. The number of terminal acetylenes is 1. The Balaban J connectivity index is 1.26. The van der Waals surface area contributed by atoms with Gasteiger partial charge in [0.15, 0.2) is 0 Å². The van der Waals surface area contributed by atoms with Crippen LogP contribution in [0.4, 0.5) is 5.69 Å². The van der Waals surface area contributed by atoms with Crippen LogP contribution in [0.2, 0.25) is 5.02 Å². The minimum Gasteiger partial charge on any atom is -0.379 e.